The first-order chi connectivity index (χ1) is 17.3. The van der Waals surface area contributed by atoms with Gasteiger partial charge in [0.25, 0.3) is 0 Å². The van der Waals surface area contributed by atoms with Crippen molar-refractivity contribution < 1.29 is 19.1 Å². The van der Waals surface area contributed by atoms with Crippen molar-refractivity contribution in [1.29, 1.82) is 0 Å². The Kier molecular flexibility index (Phi) is 7.79. The van der Waals surface area contributed by atoms with Crippen LogP contribution in [0.25, 0.3) is 21.8 Å². The molecule has 4 rings (SSSR count). The van der Waals surface area contributed by atoms with Gasteiger partial charge in [0.1, 0.15) is 10.9 Å². The van der Waals surface area contributed by atoms with Crippen molar-refractivity contribution in [3.8, 4) is 21.8 Å². The first-order valence-electron chi connectivity index (χ1n) is 12.1. The van der Waals surface area contributed by atoms with Crippen LogP contribution in [-0.4, -0.2) is 35.8 Å². The Balaban J connectivity index is 1.78. The molecule has 0 N–H and O–H groups in total. The number of esters is 2. The van der Waals surface area contributed by atoms with Crippen LogP contribution in [0.4, 0.5) is 0 Å². The third kappa shape index (κ3) is 5.16. The van der Waals surface area contributed by atoms with Crippen LogP contribution in [0.3, 0.4) is 0 Å². The highest BCUT2D eigenvalue weighted by molar-refractivity contribution is 7.13. The summed E-state index contributed by atoms with van der Waals surface area (Å²) >= 11 is 1.56. The van der Waals surface area contributed by atoms with Gasteiger partial charge < -0.3 is 9.47 Å². The molecule has 2 heterocycles. The molecule has 0 fully saturated rings. The fourth-order valence-electron chi connectivity index (χ4n) is 4.54. The zero-order chi connectivity index (χ0) is 25.8. The second-order valence-corrected chi connectivity index (χ2v) is 9.57. The minimum atomic E-state index is -0.720. The Morgan fingerprint density at radius 3 is 2.36 bits per heavy atom. The van der Waals surface area contributed by atoms with Gasteiger partial charge in [0.05, 0.1) is 24.5 Å². The summed E-state index contributed by atoms with van der Waals surface area (Å²) in [6, 6.07) is 16.1. The van der Waals surface area contributed by atoms with E-state index >= 15 is 0 Å². The van der Waals surface area contributed by atoms with Crippen LogP contribution in [0, 0.1) is 12.8 Å². The van der Waals surface area contributed by atoms with Gasteiger partial charge >= 0.3 is 11.9 Å². The number of nitrogens with zero attached hydrogens (tertiary/aromatic N) is 2. The number of thiazole rings is 1. The molecule has 0 spiro atoms. The summed E-state index contributed by atoms with van der Waals surface area (Å²) in [5, 5.41) is 2.90. The number of carbonyl (C=O) groups excluding carboxylic acids is 2. The number of aliphatic imine (C=N–C) groups is 1. The minimum absolute atomic E-state index is 0.232. The van der Waals surface area contributed by atoms with Crippen LogP contribution in [0.2, 0.25) is 0 Å². The van der Waals surface area contributed by atoms with Gasteiger partial charge in [-0.05, 0) is 46.2 Å². The third-order valence-corrected chi connectivity index (χ3v) is 7.10. The van der Waals surface area contributed by atoms with Crippen molar-refractivity contribution in [2.45, 2.75) is 40.5 Å². The third-order valence-electron chi connectivity index (χ3n) is 6.21. The maximum Gasteiger partial charge on any atom is 0.336 e. The van der Waals surface area contributed by atoms with Gasteiger partial charge in [-0.3, -0.25) is 9.79 Å². The average Bonchev–Trinajstić information content (AvgIpc) is 3.35. The molecule has 2 atom stereocenters. The Labute approximate surface area is 215 Å². The summed E-state index contributed by atoms with van der Waals surface area (Å²) in [4.78, 5) is 35.5. The first kappa shape index (κ1) is 25.5. The van der Waals surface area contributed by atoms with E-state index in [9.17, 15) is 9.59 Å². The number of aromatic nitrogens is 1. The monoisotopic (exact) mass is 502 g/mol. The predicted molar refractivity (Wildman–Crippen MR) is 143 cm³/mol. The molecular formula is C29H30N2O4S. The second-order valence-electron chi connectivity index (χ2n) is 8.71. The normalized spacial score (nSPS) is 17.5. The SMILES string of the molecule is CCOC(=O)C1=C(C)N=C(C)C(C(=O)OCC)C1c1cccc(-c2nc(-c3ccc(C)cc3)cs2)c1. The standard InChI is InChI=1S/C29H30N2O4S/c1-6-34-28(32)24-18(4)30-19(5)25(29(33)35-7-2)26(24)21-9-8-10-22(15-21)27-31-23(16-36-27)20-13-11-17(3)12-14-20/h8-16,24,26H,6-7H2,1-5H3. The summed E-state index contributed by atoms with van der Waals surface area (Å²) in [7, 11) is 0. The van der Waals surface area contributed by atoms with Gasteiger partial charge in [-0.2, -0.15) is 0 Å². The zero-order valence-electron chi connectivity index (χ0n) is 21.2. The molecule has 3 aromatic rings. The van der Waals surface area contributed by atoms with E-state index in [4.69, 9.17) is 14.5 Å². The minimum Gasteiger partial charge on any atom is -0.465 e. The van der Waals surface area contributed by atoms with Crippen LogP contribution in [-0.2, 0) is 19.1 Å². The molecule has 0 radical (unpaired) electrons. The molecule has 0 aliphatic carbocycles. The van der Waals surface area contributed by atoms with Gasteiger partial charge in [0, 0.05) is 33.8 Å². The molecule has 0 bridgehead atoms. The van der Waals surface area contributed by atoms with Crippen molar-refractivity contribution in [3.63, 3.8) is 0 Å². The lowest BCUT2D eigenvalue weighted by Gasteiger charge is -2.31. The van der Waals surface area contributed by atoms with E-state index in [1.807, 2.05) is 29.6 Å². The molecule has 1 aliphatic heterocycles. The number of benzene rings is 2. The molecule has 0 saturated carbocycles. The average molecular weight is 503 g/mol. The lowest BCUT2D eigenvalue weighted by molar-refractivity contribution is -0.146. The topological polar surface area (TPSA) is 77.8 Å². The van der Waals surface area contributed by atoms with E-state index in [1.54, 1.807) is 39.0 Å². The second kappa shape index (κ2) is 11.0. The fraction of sp³-hybridized carbons (Fsp3) is 0.310. The molecular weight excluding hydrogens is 472 g/mol. The maximum absolute atomic E-state index is 13.1. The van der Waals surface area contributed by atoms with Crippen LogP contribution in [0.5, 0.6) is 0 Å². The number of ether oxygens (including phenoxy) is 2. The highest BCUT2D eigenvalue weighted by Crippen LogP contribution is 2.41. The van der Waals surface area contributed by atoms with E-state index in [1.165, 1.54) is 5.56 Å². The van der Waals surface area contributed by atoms with Crippen molar-refractivity contribution in [3.05, 3.63) is 76.3 Å². The maximum atomic E-state index is 13.1. The molecule has 7 heteroatoms. The molecule has 186 valence electrons. The van der Waals surface area contributed by atoms with Gasteiger partial charge in [-0.25, -0.2) is 9.78 Å². The molecule has 1 aliphatic rings. The Morgan fingerprint density at radius 1 is 0.944 bits per heavy atom. The molecule has 1 aromatic heterocycles. The van der Waals surface area contributed by atoms with Gasteiger partial charge in [0.15, 0.2) is 0 Å². The van der Waals surface area contributed by atoms with E-state index in [0.717, 1.165) is 27.4 Å². The van der Waals surface area contributed by atoms with Crippen molar-refractivity contribution >= 4 is 29.0 Å². The lowest BCUT2D eigenvalue weighted by atomic mass is 9.75. The number of allylic oxidation sites excluding steroid dienone is 1. The van der Waals surface area contributed by atoms with E-state index < -0.39 is 23.8 Å². The lowest BCUT2D eigenvalue weighted by Crippen LogP contribution is -2.36. The number of carbonyl (C=O) groups is 2. The van der Waals surface area contributed by atoms with Gasteiger partial charge in [0.2, 0.25) is 0 Å². The van der Waals surface area contributed by atoms with Crippen LogP contribution >= 0.6 is 11.3 Å². The molecule has 0 amide bonds. The molecule has 2 unspecified atom stereocenters. The summed E-state index contributed by atoms with van der Waals surface area (Å²) in [5.41, 5.74) is 6.46. The summed E-state index contributed by atoms with van der Waals surface area (Å²) in [6.45, 7) is 9.65. The van der Waals surface area contributed by atoms with E-state index in [2.05, 4.69) is 36.2 Å². The number of aryl methyl sites for hydroxylation is 1. The molecule has 36 heavy (non-hydrogen) atoms. The van der Waals surface area contributed by atoms with Crippen molar-refractivity contribution in [2.24, 2.45) is 10.9 Å². The Bertz CT molecular complexity index is 1340. The zero-order valence-corrected chi connectivity index (χ0v) is 22.0. The quantitative estimate of drug-likeness (QED) is 0.351. The highest BCUT2D eigenvalue weighted by Gasteiger charge is 2.42. The van der Waals surface area contributed by atoms with Crippen LogP contribution < -0.4 is 0 Å². The van der Waals surface area contributed by atoms with Crippen LogP contribution in [0.1, 0.15) is 44.7 Å². The molecule has 6 nitrogen and oxygen atoms in total. The Hall–Kier alpha value is -3.58. The molecule has 0 saturated heterocycles. The van der Waals surface area contributed by atoms with E-state index in [-0.39, 0.29) is 13.2 Å². The number of hydrogen-bond acceptors (Lipinski definition) is 7. The summed E-state index contributed by atoms with van der Waals surface area (Å²) < 4.78 is 10.8. The Morgan fingerprint density at radius 2 is 1.67 bits per heavy atom. The summed E-state index contributed by atoms with van der Waals surface area (Å²) in [5.74, 6) is -2.16. The highest BCUT2D eigenvalue weighted by atomic mass is 32.1. The number of rotatable bonds is 7. The van der Waals surface area contributed by atoms with Crippen LogP contribution in [0.15, 0.2) is 70.2 Å². The largest absolute Gasteiger partial charge is 0.465 e. The predicted octanol–water partition coefficient (Wildman–Crippen LogP) is 6.36. The fourth-order valence-corrected chi connectivity index (χ4v) is 5.36. The summed E-state index contributed by atoms with van der Waals surface area (Å²) in [6.07, 6.45) is 0. The van der Waals surface area contributed by atoms with Gasteiger partial charge in [-0.15, -0.1) is 11.3 Å². The first-order valence-corrected chi connectivity index (χ1v) is 12.9. The molecule has 2 aromatic carbocycles. The van der Waals surface area contributed by atoms with Gasteiger partial charge in [-0.1, -0.05) is 48.0 Å². The van der Waals surface area contributed by atoms with E-state index in [0.29, 0.717) is 17.0 Å². The smallest absolute Gasteiger partial charge is 0.336 e. The van der Waals surface area contributed by atoms with Crippen molar-refractivity contribution in [2.75, 3.05) is 13.2 Å². The van der Waals surface area contributed by atoms with Crippen molar-refractivity contribution in [1.82, 2.24) is 4.98 Å². The number of hydrogen-bond donors (Lipinski definition) is 0.